The third-order valence-corrected chi connectivity index (χ3v) is 4.17. The maximum atomic E-state index is 12.3. The number of carbonyl (C=O) groups excluding carboxylic acids is 1. The molecule has 0 fully saturated rings. The Bertz CT molecular complexity index is 755. The Kier molecular flexibility index (Phi) is 4.72. The number of hydrogen-bond donors (Lipinski definition) is 1. The summed E-state index contributed by atoms with van der Waals surface area (Å²) < 4.78 is 1.67. The van der Waals surface area contributed by atoms with Crippen molar-refractivity contribution < 1.29 is 4.79 Å². The van der Waals surface area contributed by atoms with Gasteiger partial charge in [-0.05, 0) is 18.6 Å². The maximum Gasteiger partial charge on any atom is 0.245 e. The second kappa shape index (κ2) is 7.10. The number of nitrogens with zero attached hydrogens (tertiary/aromatic N) is 5. The van der Waals surface area contributed by atoms with Crippen molar-refractivity contribution in [1.82, 2.24) is 30.0 Å². The van der Waals surface area contributed by atoms with Crippen LogP contribution in [0, 0.1) is 0 Å². The smallest absolute Gasteiger partial charge is 0.245 e. The van der Waals surface area contributed by atoms with Crippen LogP contribution in [0.4, 0.5) is 0 Å². The molecule has 7 nitrogen and oxygen atoms in total. The third kappa shape index (κ3) is 3.59. The van der Waals surface area contributed by atoms with E-state index in [4.69, 9.17) is 0 Å². The van der Waals surface area contributed by atoms with Crippen LogP contribution in [0.5, 0.6) is 0 Å². The highest BCUT2D eigenvalue weighted by atomic mass is 32.1. The van der Waals surface area contributed by atoms with Gasteiger partial charge in [0.05, 0.1) is 12.2 Å². The number of thiazole rings is 1. The van der Waals surface area contributed by atoms with E-state index >= 15 is 0 Å². The van der Waals surface area contributed by atoms with Crippen LogP contribution in [-0.2, 0) is 11.3 Å². The number of rotatable bonds is 6. The van der Waals surface area contributed by atoms with Gasteiger partial charge in [0.15, 0.2) is 10.8 Å². The van der Waals surface area contributed by atoms with Crippen LogP contribution in [0.1, 0.15) is 25.1 Å². The van der Waals surface area contributed by atoms with Crippen molar-refractivity contribution in [3.63, 3.8) is 0 Å². The zero-order valence-corrected chi connectivity index (χ0v) is 13.4. The predicted molar refractivity (Wildman–Crippen MR) is 86.5 cm³/mol. The first-order chi connectivity index (χ1) is 11.3. The van der Waals surface area contributed by atoms with Gasteiger partial charge in [0.25, 0.3) is 0 Å². The van der Waals surface area contributed by atoms with Gasteiger partial charge in [-0.2, -0.15) is 5.10 Å². The molecule has 0 aliphatic rings. The van der Waals surface area contributed by atoms with Gasteiger partial charge in [-0.1, -0.05) is 6.92 Å². The number of hydrogen-bond acceptors (Lipinski definition) is 6. The van der Waals surface area contributed by atoms with Gasteiger partial charge >= 0.3 is 0 Å². The molecular weight excluding hydrogens is 312 g/mol. The molecule has 0 aliphatic carbocycles. The van der Waals surface area contributed by atoms with E-state index in [1.54, 1.807) is 35.5 Å². The van der Waals surface area contributed by atoms with Crippen LogP contribution >= 0.6 is 11.3 Å². The first-order valence-corrected chi connectivity index (χ1v) is 8.14. The SMILES string of the molecule is CC[C@@H](C(=O)NCc1csc(-c2ncccn2)n1)n1cccn1. The first-order valence-electron chi connectivity index (χ1n) is 7.26. The molecule has 0 bridgehead atoms. The van der Waals surface area contributed by atoms with E-state index in [1.165, 1.54) is 11.3 Å². The van der Waals surface area contributed by atoms with Crippen LogP contribution in [-0.4, -0.2) is 30.6 Å². The highest BCUT2D eigenvalue weighted by Crippen LogP contribution is 2.19. The van der Waals surface area contributed by atoms with Crippen LogP contribution in [0.2, 0.25) is 0 Å². The van der Waals surface area contributed by atoms with E-state index in [1.807, 2.05) is 18.4 Å². The molecule has 1 amide bonds. The fourth-order valence-electron chi connectivity index (χ4n) is 2.15. The molecule has 0 unspecified atom stereocenters. The Hall–Kier alpha value is -2.61. The Morgan fingerprint density at radius 2 is 2.13 bits per heavy atom. The summed E-state index contributed by atoms with van der Waals surface area (Å²) in [5.41, 5.74) is 0.793. The van der Waals surface area contributed by atoms with Gasteiger partial charge in [-0.15, -0.1) is 11.3 Å². The van der Waals surface area contributed by atoms with E-state index in [9.17, 15) is 4.79 Å². The lowest BCUT2D eigenvalue weighted by Crippen LogP contribution is -2.32. The molecule has 3 heterocycles. The molecular formula is C15H16N6OS. The van der Waals surface area contributed by atoms with Gasteiger partial charge < -0.3 is 5.32 Å². The maximum absolute atomic E-state index is 12.3. The van der Waals surface area contributed by atoms with Gasteiger partial charge in [0.1, 0.15) is 6.04 Å². The van der Waals surface area contributed by atoms with Gasteiger partial charge in [0, 0.05) is 30.2 Å². The highest BCUT2D eigenvalue weighted by molar-refractivity contribution is 7.13. The average Bonchev–Trinajstić information content (AvgIpc) is 3.26. The molecule has 8 heteroatoms. The molecule has 1 N–H and O–H groups in total. The molecule has 3 aromatic heterocycles. The minimum Gasteiger partial charge on any atom is -0.349 e. The van der Waals surface area contributed by atoms with Crippen LogP contribution in [0.15, 0.2) is 42.3 Å². The van der Waals surface area contributed by atoms with E-state index in [0.29, 0.717) is 18.8 Å². The summed E-state index contributed by atoms with van der Waals surface area (Å²) in [6.45, 7) is 2.33. The van der Waals surface area contributed by atoms with Crippen LogP contribution in [0.3, 0.4) is 0 Å². The second-order valence-corrected chi connectivity index (χ2v) is 5.70. The van der Waals surface area contributed by atoms with Crippen molar-refractivity contribution in [3.05, 3.63) is 48.0 Å². The largest absolute Gasteiger partial charge is 0.349 e. The standard InChI is InChI=1S/C15H16N6OS/c1-2-12(21-8-4-7-19-21)14(22)18-9-11-10-23-15(20-11)13-16-5-3-6-17-13/h3-8,10,12H,2,9H2,1H3,(H,18,22)/t12-/m0/s1. The summed E-state index contributed by atoms with van der Waals surface area (Å²) in [5.74, 6) is 0.528. The van der Waals surface area contributed by atoms with Gasteiger partial charge in [-0.25, -0.2) is 15.0 Å². The van der Waals surface area contributed by atoms with Crippen molar-refractivity contribution in [1.29, 1.82) is 0 Å². The van der Waals surface area contributed by atoms with E-state index < -0.39 is 0 Å². The minimum absolute atomic E-state index is 0.0679. The zero-order chi connectivity index (χ0) is 16.1. The zero-order valence-electron chi connectivity index (χ0n) is 12.6. The molecule has 0 radical (unpaired) electrons. The molecule has 0 spiro atoms. The first kappa shape index (κ1) is 15.3. The lowest BCUT2D eigenvalue weighted by molar-refractivity contribution is -0.124. The lowest BCUT2D eigenvalue weighted by atomic mass is 10.2. The Morgan fingerprint density at radius 1 is 1.30 bits per heavy atom. The molecule has 0 saturated carbocycles. The van der Waals surface area contributed by atoms with Crippen molar-refractivity contribution >= 4 is 17.2 Å². The van der Waals surface area contributed by atoms with E-state index in [-0.39, 0.29) is 11.9 Å². The third-order valence-electron chi connectivity index (χ3n) is 3.29. The molecule has 0 aliphatic heterocycles. The molecule has 23 heavy (non-hydrogen) atoms. The quantitative estimate of drug-likeness (QED) is 0.748. The monoisotopic (exact) mass is 328 g/mol. The molecule has 0 saturated heterocycles. The number of amides is 1. The lowest BCUT2D eigenvalue weighted by Gasteiger charge is -2.14. The number of aromatic nitrogens is 5. The fourth-order valence-corrected chi connectivity index (χ4v) is 2.92. The topological polar surface area (TPSA) is 85.6 Å². The fraction of sp³-hybridized carbons (Fsp3) is 0.267. The summed E-state index contributed by atoms with van der Waals surface area (Å²) in [7, 11) is 0. The van der Waals surface area contributed by atoms with Crippen LogP contribution < -0.4 is 5.32 Å². The molecule has 118 valence electrons. The predicted octanol–water partition coefficient (Wildman–Crippen LogP) is 2.06. The van der Waals surface area contributed by atoms with E-state index in [2.05, 4.69) is 25.4 Å². The Balaban J connectivity index is 1.62. The Morgan fingerprint density at radius 3 is 2.83 bits per heavy atom. The van der Waals surface area contributed by atoms with Gasteiger partial charge in [-0.3, -0.25) is 9.48 Å². The molecule has 3 rings (SSSR count). The number of carbonyl (C=O) groups is 1. The minimum atomic E-state index is -0.305. The summed E-state index contributed by atoms with van der Waals surface area (Å²) in [4.78, 5) is 25.1. The number of nitrogens with one attached hydrogen (secondary N) is 1. The van der Waals surface area contributed by atoms with Gasteiger partial charge in [0.2, 0.25) is 5.91 Å². The molecule has 3 aromatic rings. The summed E-state index contributed by atoms with van der Waals surface area (Å²) in [6, 6.07) is 3.27. The highest BCUT2D eigenvalue weighted by Gasteiger charge is 2.18. The second-order valence-electron chi connectivity index (χ2n) is 4.84. The Labute approximate surface area is 137 Å². The van der Waals surface area contributed by atoms with Crippen LogP contribution in [0.25, 0.3) is 10.8 Å². The van der Waals surface area contributed by atoms with E-state index in [0.717, 1.165) is 10.7 Å². The average molecular weight is 328 g/mol. The van der Waals surface area contributed by atoms with Crippen molar-refractivity contribution in [2.75, 3.05) is 0 Å². The van der Waals surface area contributed by atoms with Crippen molar-refractivity contribution in [2.24, 2.45) is 0 Å². The normalized spacial score (nSPS) is 12.0. The summed E-state index contributed by atoms with van der Waals surface area (Å²) in [5, 5.41) is 9.69. The summed E-state index contributed by atoms with van der Waals surface area (Å²) >= 11 is 1.46. The van der Waals surface area contributed by atoms with Crippen molar-refractivity contribution in [2.45, 2.75) is 25.9 Å². The summed E-state index contributed by atoms with van der Waals surface area (Å²) in [6.07, 6.45) is 7.50. The molecule has 1 atom stereocenters. The van der Waals surface area contributed by atoms with Crippen molar-refractivity contribution in [3.8, 4) is 10.8 Å². The molecule has 0 aromatic carbocycles.